The molecule has 2 heterocycles. The Morgan fingerprint density at radius 2 is 1.90 bits per heavy atom. The molecule has 170 valence electrons. The summed E-state index contributed by atoms with van der Waals surface area (Å²) >= 11 is 3.46. The fourth-order valence-electron chi connectivity index (χ4n) is 4.63. The number of halogens is 1. The summed E-state index contributed by atoms with van der Waals surface area (Å²) in [5, 5.41) is 10.5. The van der Waals surface area contributed by atoms with Crippen molar-refractivity contribution in [2.45, 2.75) is 52.5 Å². The van der Waals surface area contributed by atoms with E-state index in [1.54, 1.807) is 19.2 Å². The van der Waals surface area contributed by atoms with Gasteiger partial charge in [0.05, 0.1) is 18.1 Å². The van der Waals surface area contributed by atoms with Gasteiger partial charge in [-0.2, -0.15) is 9.28 Å². The number of nitrogens with zero attached hydrogens (tertiary/aromatic N) is 1. The van der Waals surface area contributed by atoms with E-state index in [1.807, 2.05) is 26.8 Å². The van der Waals surface area contributed by atoms with Crippen molar-refractivity contribution in [2.75, 3.05) is 18.1 Å². The van der Waals surface area contributed by atoms with Crippen LogP contribution in [-0.4, -0.2) is 49.2 Å². The van der Waals surface area contributed by atoms with Gasteiger partial charge in [-0.1, -0.05) is 15.9 Å². The van der Waals surface area contributed by atoms with Gasteiger partial charge in [-0.25, -0.2) is 13.2 Å². The average molecular weight is 515 g/mol. The molecule has 1 N–H and O–H groups in total. The normalized spacial score (nSPS) is 25.3. The number of sulfone groups is 1. The second-order valence-corrected chi connectivity index (χ2v) is 12.3. The Morgan fingerprint density at radius 1 is 1.23 bits per heavy atom. The van der Waals surface area contributed by atoms with E-state index in [-0.39, 0.29) is 29.6 Å². The zero-order valence-electron chi connectivity index (χ0n) is 18.3. The van der Waals surface area contributed by atoms with Gasteiger partial charge in [0.15, 0.2) is 5.69 Å². The molecule has 0 radical (unpaired) electrons. The van der Waals surface area contributed by atoms with Crippen LogP contribution in [0, 0.1) is 5.92 Å². The van der Waals surface area contributed by atoms with E-state index >= 15 is 0 Å². The first-order chi connectivity index (χ1) is 14.3. The second-order valence-electron chi connectivity index (χ2n) is 9.11. The Hall–Kier alpha value is -1.71. The predicted molar refractivity (Wildman–Crippen MR) is 124 cm³/mol. The molecule has 2 aliphatic heterocycles. The van der Waals surface area contributed by atoms with Crippen LogP contribution >= 0.6 is 15.9 Å². The number of carbonyl (C=O) groups excluding carboxylic acids is 1. The number of hydrogen-bond donors (Lipinski definition) is 1. The highest BCUT2D eigenvalue weighted by molar-refractivity contribution is 9.10. The third-order valence-electron chi connectivity index (χ3n) is 6.15. The molecule has 1 aromatic carbocycles. The quantitative estimate of drug-likeness (QED) is 0.451. The Labute approximate surface area is 191 Å². The van der Waals surface area contributed by atoms with Crippen molar-refractivity contribution in [3.8, 4) is 0 Å². The monoisotopic (exact) mass is 514 g/mol. The number of fused-ring (bicyclic) bond motifs is 1. The van der Waals surface area contributed by atoms with Gasteiger partial charge in [-0.05, 0) is 65.0 Å². The first-order valence-electron chi connectivity index (χ1n) is 10.4. The van der Waals surface area contributed by atoms with Gasteiger partial charge in [0.25, 0.3) is 0 Å². The van der Waals surface area contributed by atoms with Crippen molar-refractivity contribution in [1.82, 2.24) is 4.48 Å². The largest absolute Gasteiger partial charge is 0.524 e. The molecule has 2 unspecified atom stereocenters. The van der Waals surface area contributed by atoms with Crippen LogP contribution in [0.4, 0.5) is 10.5 Å². The average Bonchev–Trinajstić information content (AvgIpc) is 2.89. The topological polar surface area (TPSA) is 97.7 Å². The molecule has 1 fully saturated rings. The molecule has 31 heavy (non-hydrogen) atoms. The maximum atomic E-state index is 12.9. The van der Waals surface area contributed by atoms with E-state index in [1.165, 1.54) is 0 Å². The van der Waals surface area contributed by atoms with Gasteiger partial charge < -0.3 is 9.84 Å². The smallest absolute Gasteiger partial charge is 0.462 e. The molecule has 1 amide bonds. The van der Waals surface area contributed by atoms with Gasteiger partial charge >= 0.3 is 12.1 Å². The van der Waals surface area contributed by atoms with Crippen LogP contribution in [0.1, 0.15) is 62.9 Å². The number of hydrogen-bond acceptors (Lipinski definition) is 5. The molecule has 0 aromatic heterocycles. The van der Waals surface area contributed by atoms with E-state index in [2.05, 4.69) is 15.9 Å². The summed E-state index contributed by atoms with van der Waals surface area (Å²) in [4.78, 5) is 25.7. The lowest BCUT2D eigenvalue weighted by atomic mass is 9.87. The number of quaternary nitrogens is 1. The number of ether oxygens (including phenoxy) is 1. The molecule has 0 saturated carbocycles. The van der Waals surface area contributed by atoms with E-state index in [0.29, 0.717) is 35.0 Å². The fraction of sp³-hybridized carbons (Fsp3) is 0.545. The van der Waals surface area contributed by atoms with Crippen molar-refractivity contribution >= 4 is 49.1 Å². The Morgan fingerprint density at radius 3 is 2.48 bits per heavy atom. The van der Waals surface area contributed by atoms with Gasteiger partial charge in [0, 0.05) is 15.6 Å². The zero-order valence-corrected chi connectivity index (χ0v) is 20.7. The molecule has 0 spiro atoms. The SMILES string of the molecule is CCOC(=O)c1cc(Br)cc2c1[N+](C(=O)O)(C(C)(C)C)C=C2C1CCCS(=O)(=O)CC1. The number of benzene rings is 1. The zero-order chi connectivity index (χ0) is 23.2. The molecule has 2 aliphatic rings. The minimum absolute atomic E-state index is 0.0751. The van der Waals surface area contributed by atoms with Crippen LogP contribution < -0.4 is 4.48 Å². The maximum absolute atomic E-state index is 12.9. The van der Waals surface area contributed by atoms with Crippen molar-refractivity contribution in [3.63, 3.8) is 0 Å². The molecule has 2 atom stereocenters. The van der Waals surface area contributed by atoms with Crippen LogP contribution in [0.15, 0.2) is 22.8 Å². The number of allylic oxidation sites excluding steroid dienone is 1. The molecule has 1 aromatic rings. The minimum Gasteiger partial charge on any atom is -0.462 e. The summed E-state index contributed by atoms with van der Waals surface area (Å²) in [6.45, 7) is 7.33. The van der Waals surface area contributed by atoms with Crippen LogP contribution in [0.25, 0.3) is 5.57 Å². The van der Waals surface area contributed by atoms with E-state index in [0.717, 1.165) is 5.57 Å². The third-order valence-corrected chi connectivity index (χ3v) is 8.38. The maximum Gasteiger partial charge on any atom is 0.524 e. The minimum atomic E-state index is -3.10. The molecule has 3 rings (SSSR count). The lowest BCUT2D eigenvalue weighted by molar-refractivity contribution is 0.0523. The van der Waals surface area contributed by atoms with Crippen molar-refractivity contribution in [2.24, 2.45) is 5.92 Å². The van der Waals surface area contributed by atoms with Gasteiger partial charge in [-0.15, -0.1) is 0 Å². The Kier molecular flexibility index (Phi) is 6.43. The number of carbonyl (C=O) groups is 2. The first-order valence-corrected chi connectivity index (χ1v) is 13.0. The van der Waals surface area contributed by atoms with Crippen LogP contribution in [0.2, 0.25) is 0 Å². The number of amides is 1. The second kappa shape index (κ2) is 8.33. The Balaban J connectivity index is 2.30. The number of carboxylic acid groups (broad SMARTS) is 1. The summed E-state index contributed by atoms with van der Waals surface area (Å²) in [6, 6.07) is 3.44. The summed E-state index contributed by atoms with van der Waals surface area (Å²) in [7, 11) is -3.10. The van der Waals surface area contributed by atoms with Gasteiger partial charge in [0.2, 0.25) is 0 Å². The van der Waals surface area contributed by atoms with Gasteiger partial charge in [0.1, 0.15) is 27.1 Å². The lowest BCUT2D eigenvalue weighted by Gasteiger charge is -2.39. The van der Waals surface area contributed by atoms with Crippen molar-refractivity contribution in [1.29, 1.82) is 0 Å². The fourth-order valence-corrected chi connectivity index (χ4v) is 6.54. The van der Waals surface area contributed by atoms with Crippen molar-refractivity contribution < 1.29 is 27.9 Å². The summed E-state index contributed by atoms with van der Waals surface area (Å²) in [6.07, 6.45) is 2.22. The molecule has 7 nitrogen and oxygen atoms in total. The van der Waals surface area contributed by atoms with E-state index in [9.17, 15) is 23.1 Å². The molecule has 9 heteroatoms. The molecular weight excluding hydrogens is 486 g/mol. The summed E-state index contributed by atoms with van der Waals surface area (Å²) in [5.41, 5.74) is 1.23. The molecule has 0 bridgehead atoms. The third kappa shape index (κ3) is 4.19. The highest BCUT2D eigenvalue weighted by Crippen LogP contribution is 2.52. The molecule has 0 aliphatic carbocycles. The van der Waals surface area contributed by atoms with Crippen molar-refractivity contribution in [3.05, 3.63) is 33.9 Å². The van der Waals surface area contributed by atoms with E-state index < -0.39 is 31.9 Å². The summed E-state index contributed by atoms with van der Waals surface area (Å²) in [5.74, 6) is -0.465. The lowest BCUT2D eigenvalue weighted by Crippen LogP contribution is -2.60. The first kappa shape index (κ1) is 23.9. The number of esters is 1. The van der Waals surface area contributed by atoms with Crippen LogP contribution in [-0.2, 0) is 14.6 Å². The molecular formula is C22H29BrNO6S+. The Bertz CT molecular complexity index is 1060. The number of rotatable bonds is 3. The van der Waals surface area contributed by atoms with E-state index in [4.69, 9.17) is 4.74 Å². The standard InChI is InChI=1S/C22H28BrNO6S/c1-5-30-20(25)17-12-15(23)11-16-18(14-7-6-9-31(28,29)10-8-14)13-24(19(16)17,21(26)27)22(2,3)4/h11-14H,5-10H2,1-4H3/p+1. The highest BCUT2D eigenvalue weighted by Gasteiger charge is 2.57. The highest BCUT2D eigenvalue weighted by atomic mass is 79.9. The predicted octanol–water partition coefficient (Wildman–Crippen LogP) is 4.98. The van der Waals surface area contributed by atoms with Crippen LogP contribution in [0.3, 0.4) is 0 Å². The van der Waals surface area contributed by atoms with Gasteiger partial charge in [-0.3, -0.25) is 0 Å². The summed E-state index contributed by atoms with van der Waals surface area (Å²) < 4.78 is 29.7. The van der Waals surface area contributed by atoms with Crippen LogP contribution in [0.5, 0.6) is 0 Å². The molecule has 1 saturated heterocycles.